The fourth-order valence-electron chi connectivity index (χ4n) is 1.54. The zero-order valence-electron chi connectivity index (χ0n) is 10.6. The van der Waals surface area contributed by atoms with Crippen molar-refractivity contribution in [3.8, 4) is 0 Å². The minimum Gasteiger partial charge on any atom is -0.247 e. The summed E-state index contributed by atoms with van der Waals surface area (Å²) >= 11 is 10.6. The van der Waals surface area contributed by atoms with Crippen molar-refractivity contribution in [2.75, 3.05) is 6.54 Å². The molecule has 1 N–H and O–H groups in total. The summed E-state index contributed by atoms with van der Waals surface area (Å²) in [5.74, 6) is 0. The maximum absolute atomic E-state index is 12.1. The van der Waals surface area contributed by atoms with E-state index >= 15 is 0 Å². The Morgan fingerprint density at radius 1 is 1.45 bits per heavy atom. The van der Waals surface area contributed by atoms with Crippen molar-refractivity contribution in [2.45, 2.75) is 18.2 Å². The molecule has 20 heavy (non-hydrogen) atoms. The van der Waals surface area contributed by atoms with Crippen molar-refractivity contribution in [1.82, 2.24) is 9.71 Å². The summed E-state index contributed by atoms with van der Waals surface area (Å²) in [4.78, 5) is 4.47. The maximum atomic E-state index is 12.1. The van der Waals surface area contributed by atoms with E-state index < -0.39 is 10.0 Å². The highest BCUT2D eigenvalue weighted by atomic mass is 79.9. The Kier molecular flexibility index (Phi) is 5.19. The Labute approximate surface area is 135 Å². The smallest absolute Gasteiger partial charge is 0.240 e. The van der Waals surface area contributed by atoms with Crippen LogP contribution in [0, 0.1) is 6.92 Å². The predicted octanol–water partition coefficient (Wildman–Crippen LogP) is 3.39. The van der Waals surface area contributed by atoms with Crippen LogP contribution < -0.4 is 4.72 Å². The number of hydrogen-bond donors (Lipinski definition) is 1. The van der Waals surface area contributed by atoms with Gasteiger partial charge in [-0.15, -0.1) is 11.3 Å². The van der Waals surface area contributed by atoms with E-state index in [0.29, 0.717) is 22.5 Å². The third kappa shape index (κ3) is 4.02. The molecule has 0 aliphatic rings. The molecule has 2 rings (SSSR count). The van der Waals surface area contributed by atoms with Crippen LogP contribution in [0.15, 0.2) is 32.9 Å². The Morgan fingerprint density at radius 2 is 2.20 bits per heavy atom. The van der Waals surface area contributed by atoms with E-state index in [0.717, 1.165) is 10.7 Å². The molecule has 1 aromatic heterocycles. The lowest BCUT2D eigenvalue weighted by atomic mass is 10.4. The highest BCUT2D eigenvalue weighted by Crippen LogP contribution is 2.25. The molecule has 0 bridgehead atoms. The lowest BCUT2D eigenvalue weighted by Gasteiger charge is -2.07. The Balaban J connectivity index is 2.02. The zero-order chi connectivity index (χ0) is 14.8. The average Bonchev–Trinajstić information content (AvgIpc) is 2.78. The summed E-state index contributed by atoms with van der Waals surface area (Å²) < 4.78 is 27.3. The van der Waals surface area contributed by atoms with Gasteiger partial charge in [-0.3, -0.25) is 0 Å². The molecule has 4 nitrogen and oxygen atoms in total. The van der Waals surface area contributed by atoms with Gasteiger partial charge in [0, 0.05) is 28.5 Å². The van der Waals surface area contributed by atoms with Gasteiger partial charge in [0.2, 0.25) is 10.0 Å². The van der Waals surface area contributed by atoms with Gasteiger partial charge in [-0.1, -0.05) is 11.6 Å². The molecule has 0 unspecified atom stereocenters. The molecular weight excluding hydrogens is 384 g/mol. The molecule has 0 fully saturated rings. The summed E-state index contributed by atoms with van der Waals surface area (Å²) in [7, 11) is -3.52. The van der Waals surface area contributed by atoms with E-state index in [1.807, 2.05) is 12.3 Å². The first-order valence-corrected chi connectivity index (χ1v) is 9.27. The predicted molar refractivity (Wildman–Crippen MR) is 84.9 cm³/mol. The largest absolute Gasteiger partial charge is 0.247 e. The second kappa shape index (κ2) is 6.53. The third-order valence-corrected chi connectivity index (χ3v) is 6.20. The third-order valence-electron chi connectivity index (χ3n) is 2.50. The van der Waals surface area contributed by atoms with Crippen LogP contribution in [0.25, 0.3) is 0 Å². The van der Waals surface area contributed by atoms with Crippen molar-refractivity contribution < 1.29 is 8.42 Å². The lowest BCUT2D eigenvalue weighted by molar-refractivity contribution is 0.581. The van der Waals surface area contributed by atoms with Crippen LogP contribution in [0.3, 0.4) is 0 Å². The van der Waals surface area contributed by atoms with Gasteiger partial charge in [0.1, 0.15) is 0 Å². The molecule has 1 aromatic carbocycles. The van der Waals surface area contributed by atoms with Gasteiger partial charge in [-0.2, -0.15) is 0 Å². The standard InChI is InChI=1S/C12H12BrClN2O2S2/c1-8-7-19-12(16-8)4-5-15-20(17,18)9-2-3-11(14)10(13)6-9/h2-3,6-7,15H,4-5H2,1H3. The number of halogens is 2. The van der Waals surface area contributed by atoms with Gasteiger partial charge in [-0.25, -0.2) is 18.1 Å². The second-order valence-corrected chi connectivity index (χ2v) is 8.08. The Bertz CT molecular complexity index is 716. The molecule has 0 aliphatic carbocycles. The van der Waals surface area contributed by atoms with Gasteiger partial charge in [0.05, 0.1) is 14.9 Å². The first-order chi connectivity index (χ1) is 9.38. The van der Waals surface area contributed by atoms with E-state index in [1.165, 1.54) is 23.5 Å². The molecular formula is C12H12BrClN2O2S2. The van der Waals surface area contributed by atoms with Crippen molar-refractivity contribution >= 4 is 48.9 Å². The molecule has 0 spiro atoms. The Hall–Kier alpha value is -0.470. The van der Waals surface area contributed by atoms with Crippen LogP contribution in [0.5, 0.6) is 0 Å². The second-order valence-electron chi connectivity index (χ2n) is 4.11. The van der Waals surface area contributed by atoms with Crippen LogP contribution in [0.2, 0.25) is 5.02 Å². The molecule has 0 radical (unpaired) electrons. The van der Waals surface area contributed by atoms with Crippen molar-refractivity contribution in [1.29, 1.82) is 0 Å². The molecule has 0 saturated carbocycles. The highest BCUT2D eigenvalue weighted by Gasteiger charge is 2.15. The van der Waals surface area contributed by atoms with Crippen LogP contribution in [0.1, 0.15) is 10.7 Å². The number of aryl methyl sites for hydroxylation is 1. The van der Waals surface area contributed by atoms with Gasteiger partial charge in [0.15, 0.2) is 0 Å². The molecule has 0 amide bonds. The number of rotatable bonds is 5. The summed E-state index contributed by atoms with van der Waals surface area (Å²) in [6.07, 6.45) is 0.576. The summed E-state index contributed by atoms with van der Waals surface area (Å²) in [5, 5.41) is 3.34. The van der Waals surface area contributed by atoms with E-state index in [1.54, 1.807) is 6.07 Å². The van der Waals surface area contributed by atoms with Crippen molar-refractivity contribution in [3.05, 3.63) is 43.8 Å². The van der Waals surface area contributed by atoms with Crippen LogP contribution >= 0.6 is 38.9 Å². The van der Waals surface area contributed by atoms with Crippen molar-refractivity contribution in [3.63, 3.8) is 0 Å². The number of benzene rings is 1. The van der Waals surface area contributed by atoms with Crippen LogP contribution in [-0.4, -0.2) is 19.9 Å². The Morgan fingerprint density at radius 3 is 2.80 bits per heavy atom. The van der Waals surface area contributed by atoms with Gasteiger partial charge in [0.25, 0.3) is 0 Å². The topological polar surface area (TPSA) is 59.1 Å². The monoisotopic (exact) mass is 394 g/mol. The molecule has 2 aromatic rings. The summed E-state index contributed by atoms with van der Waals surface area (Å²) in [6.45, 7) is 2.23. The van der Waals surface area contributed by atoms with Gasteiger partial charge < -0.3 is 0 Å². The number of nitrogens with zero attached hydrogens (tertiary/aromatic N) is 1. The summed E-state index contributed by atoms with van der Waals surface area (Å²) in [5.41, 5.74) is 0.953. The van der Waals surface area contributed by atoms with Crippen LogP contribution in [-0.2, 0) is 16.4 Å². The quantitative estimate of drug-likeness (QED) is 0.844. The molecule has 0 atom stereocenters. The average molecular weight is 396 g/mol. The SMILES string of the molecule is Cc1csc(CCNS(=O)(=O)c2ccc(Cl)c(Br)c2)n1. The maximum Gasteiger partial charge on any atom is 0.240 e. The van der Waals surface area contributed by atoms with E-state index in [4.69, 9.17) is 11.6 Å². The molecule has 8 heteroatoms. The van der Waals surface area contributed by atoms with E-state index in [-0.39, 0.29) is 4.90 Å². The number of thiazole rings is 1. The number of nitrogens with one attached hydrogen (secondary N) is 1. The van der Waals surface area contributed by atoms with E-state index in [9.17, 15) is 8.42 Å². The molecule has 1 heterocycles. The van der Waals surface area contributed by atoms with E-state index in [2.05, 4.69) is 25.6 Å². The van der Waals surface area contributed by atoms with Gasteiger partial charge in [-0.05, 0) is 41.1 Å². The minimum atomic E-state index is -3.52. The lowest BCUT2D eigenvalue weighted by Crippen LogP contribution is -2.26. The fraction of sp³-hybridized carbons (Fsp3) is 0.250. The number of sulfonamides is 1. The molecule has 108 valence electrons. The number of hydrogen-bond acceptors (Lipinski definition) is 4. The fourth-order valence-corrected chi connectivity index (χ4v) is 4.02. The van der Waals surface area contributed by atoms with Crippen LogP contribution in [0.4, 0.5) is 0 Å². The number of aromatic nitrogens is 1. The summed E-state index contributed by atoms with van der Waals surface area (Å²) in [6, 6.07) is 4.51. The first kappa shape index (κ1) is 15.9. The van der Waals surface area contributed by atoms with Crippen molar-refractivity contribution in [2.24, 2.45) is 0 Å². The normalized spacial score (nSPS) is 11.8. The highest BCUT2D eigenvalue weighted by molar-refractivity contribution is 9.10. The molecule has 0 saturated heterocycles. The first-order valence-electron chi connectivity index (χ1n) is 5.74. The van der Waals surface area contributed by atoms with Gasteiger partial charge >= 0.3 is 0 Å². The molecule has 0 aliphatic heterocycles. The zero-order valence-corrected chi connectivity index (χ0v) is 14.5. The minimum absolute atomic E-state index is 0.184.